The number of aryl methyl sites for hydroxylation is 1. The maximum Gasteiger partial charge on any atom is 0.317 e. The first-order valence-corrected chi connectivity index (χ1v) is 7.88. The van der Waals surface area contributed by atoms with Crippen LogP contribution in [0.15, 0.2) is 24.3 Å². The third-order valence-corrected chi connectivity index (χ3v) is 1.76. The van der Waals surface area contributed by atoms with Gasteiger partial charge in [0.1, 0.15) is 5.75 Å². The standard InChI is InChI=1S/C10H14O.Cl2O2S/c1-2-3-4-9-5-7-10(11)8-6-9;1-5(2,3)4/h5-8,11H,2-4H2,1H3;. The molecule has 1 N–H and O–H groups in total. The second-order valence-electron chi connectivity index (χ2n) is 3.15. The van der Waals surface area contributed by atoms with Crippen molar-refractivity contribution in [1.29, 1.82) is 0 Å². The highest BCUT2D eigenvalue weighted by atomic mass is 36.0. The van der Waals surface area contributed by atoms with Crippen LogP contribution in [0.2, 0.25) is 0 Å². The Morgan fingerprint density at radius 2 is 1.62 bits per heavy atom. The Morgan fingerprint density at radius 1 is 1.19 bits per heavy atom. The van der Waals surface area contributed by atoms with Crippen molar-refractivity contribution >= 4 is 29.6 Å². The summed E-state index contributed by atoms with van der Waals surface area (Å²) in [5.41, 5.74) is 1.31. The molecule has 1 aromatic carbocycles. The van der Waals surface area contributed by atoms with Crippen molar-refractivity contribution in [2.24, 2.45) is 0 Å². The van der Waals surface area contributed by atoms with Crippen LogP contribution in [0.3, 0.4) is 0 Å². The summed E-state index contributed by atoms with van der Waals surface area (Å²) in [6, 6.07) is 7.44. The lowest BCUT2D eigenvalue weighted by molar-refractivity contribution is 0.475. The van der Waals surface area contributed by atoms with Crippen molar-refractivity contribution in [3.63, 3.8) is 0 Å². The van der Waals surface area contributed by atoms with E-state index in [1.54, 1.807) is 12.1 Å². The van der Waals surface area contributed by atoms with Crippen LogP contribution < -0.4 is 0 Å². The molecule has 3 nitrogen and oxygen atoms in total. The molecule has 0 spiro atoms. The van der Waals surface area contributed by atoms with Gasteiger partial charge < -0.3 is 5.11 Å². The summed E-state index contributed by atoms with van der Waals surface area (Å²) in [6.45, 7) is 2.18. The molecule has 0 aliphatic rings. The number of unbranched alkanes of at least 4 members (excludes halogenated alkanes) is 1. The highest BCUT2D eigenvalue weighted by molar-refractivity contribution is 8.31. The van der Waals surface area contributed by atoms with E-state index in [2.05, 4.69) is 28.3 Å². The Bertz CT molecular complexity index is 379. The predicted molar refractivity (Wildman–Crippen MR) is 67.3 cm³/mol. The Balaban J connectivity index is 0.000000385. The van der Waals surface area contributed by atoms with Crippen molar-refractivity contribution in [2.45, 2.75) is 26.2 Å². The molecule has 0 saturated heterocycles. The molecule has 0 amide bonds. The summed E-state index contributed by atoms with van der Waals surface area (Å²) in [7, 11) is 4.81. The zero-order valence-electron chi connectivity index (χ0n) is 8.86. The van der Waals surface area contributed by atoms with Gasteiger partial charge in [0.15, 0.2) is 0 Å². The van der Waals surface area contributed by atoms with Crippen molar-refractivity contribution in [2.75, 3.05) is 0 Å². The lowest BCUT2D eigenvalue weighted by Gasteiger charge is -1.98. The number of aromatic hydroxyl groups is 1. The summed E-state index contributed by atoms with van der Waals surface area (Å²) >= 11 is 0. The fourth-order valence-electron chi connectivity index (χ4n) is 1.04. The fourth-order valence-corrected chi connectivity index (χ4v) is 1.04. The molecule has 92 valence electrons. The van der Waals surface area contributed by atoms with E-state index in [0.29, 0.717) is 5.75 Å². The van der Waals surface area contributed by atoms with E-state index >= 15 is 0 Å². The van der Waals surface area contributed by atoms with Gasteiger partial charge in [-0.15, -0.1) is 0 Å². The summed E-state index contributed by atoms with van der Waals surface area (Å²) in [6.07, 6.45) is 3.57. The number of rotatable bonds is 3. The molecule has 0 aliphatic heterocycles. The van der Waals surface area contributed by atoms with Crippen LogP contribution in [0.25, 0.3) is 0 Å². The van der Waals surface area contributed by atoms with Crippen LogP contribution in [0, 0.1) is 0 Å². The normalized spacial score (nSPS) is 10.4. The van der Waals surface area contributed by atoms with E-state index in [1.807, 2.05) is 12.1 Å². The average molecular weight is 285 g/mol. The second-order valence-corrected chi connectivity index (χ2v) is 6.82. The molecule has 1 aromatic rings. The molecule has 6 heteroatoms. The molecule has 0 unspecified atom stereocenters. The van der Waals surface area contributed by atoms with Crippen molar-refractivity contribution in [1.82, 2.24) is 0 Å². The third-order valence-electron chi connectivity index (χ3n) is 1.76. The number of phenolic OH excluding ortho intramolecular Hbond substituents is 1. The van der Waals surface area contributed by atoms with Crippen molar-refractivity contribution in [3.05, 3.63) is 29.8 Å². The Labute approximate surface area is 105 Å². The monoisotopic (exact) mass is 284 g/mol. The first kappa shape index (κ1) is 15.6. The van der Waals surface area contributed by atoms with E-state index in [1.165, 1.54) is 18.4 Å². The summed E-state index contributed by atoms with van der Waals surface area (Å²) in [5.74, 6) is 0.352. The lowest BCUT2D eigenvalue weighted by Crippen LogP contribution is -1.82. The van der Waals surface area contributed by atoms with E-state index in [-0.39, 0.29) is 0 Å². The predicted octanol–water partition coefficient (Wildman–Crippen LogP) is 3.44. The molecule has 1 rings (SSSR count). The van der Waals surface area contributed by atoms with Gasteiger partial charge in [0.2, 0.25) is 0 Å². The molecular formula is C10H14Cl2O3S. The second kappa shape index (κ2) is 7.76. The molecule has 0 heterocycles. The van der Waals surface area contributed by atoms with Gasteiger partial charge in [0.25, 0.3) is 0 Å². The summed E-state index contributed by atoms with van der Waals surface area (Å²) in [5, 5.41) is 8.98. The average Bonchev–Trinajstić information content (AvgIpc) is 2.14. The van der Waals surface area contributed by atoms with Gasteiger partial charge in [-0.2, -0.15) is 8.42 Å². The van der Waals surface area contributed by atoms with Crippen molar-refractivity contribution < 1.29 is 13.5 Å². The van der Waals surface area contributed by atoms with Gasteiger partial charge in [0.05, 0.1) is 0 Å². The molecular weight excluding hydrogens is 271 g/mol. The van der Waals surface area contributed by atoms with E-state index in [0.717, 1.165) is 6.42 Å². The van der Waals surface area contributed by atoms with Crippen LogP contribution in [-0.4, -0.2) is 13.5 Å². The zero-order valence-corrected chi connectivity index (χ0v) is 11.2. The first-order chi connectivity index (χ1) is 7.33. The summed E-state index contributed by atoms with van der Waals surface area (Å²) in [4.78, 5) is 0. The van der Waals surface area contributed by atoms with Crippen LogP contribution in [0.1, 0.15) is 25.3 Å². The fraction of sp³-hybridized carbons (Fsp3) is 0.400. The molecule has 0 saturated carbocycles. The third kappa shape index (κ3) is 11.6. The lowest BCUT2D eigenvalue weighted by atomic mass is 10.1. The Hall–Kier alpha value is -0.450. The van der Waals surface area contributed by atoms with Gasteiger partial charge in [-0.1, -0.05) is 25.5 Å². The minimum Gasteiger partial charge on any atom is -0.508 e. The number of benzene rings is 1. The molecule has 0 atom stereocenters. The molecule has 0 aliphatic carbocycles. The SMILES string of the molecule is CCCCc1ccc(O)cc1.O=S(=O)(Cl)Cl. The van der Waals surface area contributed by atoms with Crippen LogP contribution in [0.5, 0.6) is 5.75 Å². The zero-order chi connectivity index (χ0) is 12.6. The number of halogens is 2. The Kier molecular flexibility index (Phi) is 7.55. The highest BCUT2D eigenvalue weighted by Gasteiger charge is 1.91. The summed E-state index contributed by atoms with van der Waals surface area (Å²) < 4.78 is 18.3. The van der Waals surface area contributed by atoms with Gasteiger partial charge >= 0.3 is 8.26 Å². The highest BCUT2D eigenvalue weighted by Crippen LogP contribution is 2.11. The maximum absolute atomic E-state index is 9.16. The van der Waals surface area contributed by atoms with Crippen LogP contribution >= 0.6 is 21.4 Å². The van der Waals surface area contributed by atoms with Crippen LogP contribution in [-0.2, 0) is 14.7 Å². The molecule has 0 bridgehead atoms. The topological polar surface area (TPSA) is 54.4 Å². The van der Waals surface area contributed by atoms with E-state index in [4.69, 9.17) is 13.5 Å². The quantitative estimate of drug-likeness (QED) is 0.865. The van der Waals surface area contributed by atoms with E-state index in [9.17, 15) is 0 Å². The number of hydrogen-bond donors (Lipinski definition) is 1. The number of hydrogen-bond acceptors (Lipinski definition) is 3. The largest absolute Gasteiger partial charge is 0.508 e. The van der Waals surface area contributed by atoms with Gasteiger partial charge in [-0.3, -0.25) is 0 Å². The smallest absolute Gasteiger partial charge is 0.317 e. The van der Waals surface area contributed by atoms with Crippen LogP contribution in [0.4, 0.5) is 0 Å². The maximum atomic E-state index is 9.16. The number of phenols is 1. The molecule has 0 aromatic heterocycles. The minimum absolute atomic E-state index is 0.352. The molecule has 0 fully saturated rings. The first-order valence-electron chi connectivity index (χ1n) is 4.75. The minimum atomic E-state index is -3.72. The van der Waals surface area contributed by atoms with E-state index < -0.39 is 8.26 Å². The molecule has 0 radical (unpaired) electrons. The molecule has 16 heavy (non-hydrogen) atoms. The Morgan fingerprint density at radius 3 is 2.00 bits per heavy atom. The van der Waals surface area contributed by atoms with Gasteiger partial charge in [-0.05, 0) is 30.5 Å². The van der Waals surface area contributed by atoms with Crippen molar-refractivity contribution in [3.8, 4) is 5.75 Å². The van der Waals surface area contributed by atoms with Gasteiger partial charge in [-0.25, -0.2) is 0 Å². The van der Waals surface area contributed by atoms with Gasteiger partial charge in [0, 0.05) is 21.4 Å².